The Bertz CT molecular complexity index is 1220. The summed E-state index contributed by atoms with van der Waals surface area (Å²) < 4.78 is 38.5. The van der Waals surface area contributed by atoms with Crippen molar-refractivity contribution in [2.24, 2.45) is 0 Å². The lowest BCUT2D eigenvalue weighted by atomic mass is 10.1. The molecule has 1 aromatic heterocycles. The van der Waals surface area contributed by atoms with Crippen molar-refractivity contribution in [3.63, 3.8) is 0 Å². The maximum Gasteiger partial charge on any atom is 0.254 e. The lowest BCUT2D eigenvalue weighted by Gasteiger charge is -2.24. The standard InChI is InChI=1S/C25H29N3O5S/c1-19-6-11-23(34(30,31)26-18-22-5-3-16-33-22)17-24(19)25(29)28-13-4-12-27(14-15-28)20-7-9-21(32-2)10-8-20/h3,5-11,16-17,26H,4,12-15,18H2,1-2H3. The molecule has 4 rings (SSSR count). The van der Waals surface area contributed by atoms with Crippen molar-refractivity contribution in [3.8, 4) is 5.75 Å². The summed E-state index contributed by atoms with van der Waals surface area (Å²) in [7, 11) is -2.16. The molecule has 0 unspecified atom stereocenters. The van der Waals surface area contributed by atoms with Gasteiger partial charge in [0, 0.05) is 37.4 Å². The molecule has 0 atom stereocenters. The first kappa shape index (κ1) is 23.8. The molecule has 8 nitrogen and oxygen atoms in total. The second-order valence-electron chi connectivity index (χ2n) is 8.21. The smallest absolute Gasteiger partial charge is 0.254 e. The fraction of sp³-hybridized carbons (Fsp3) is 0.320. The summed E-state index contributed by atoms with van der Waals surface area (Å²) in [4.78, 5) is 17.5. The van der Waals surface area contributed by atoms with Gasteiger partial charge in [-0.1, -0.05) is 6.07 Å². The van der Waals surface area contributed by atoms with Crippen LogP contribution < -0.4 is 14.4 Å². The van der Waals surface area contributed by atoms with Crippen LogP contribution in [0.25, 0.3) is 0 Å². The van der Waals surface area contributed by atoms with Crippen molar-refractivity contribution in [2.75, 3.05) is 38.2 Å². The number of hydrogen-bond donors (Lipinski definition) is 1. The molecule has 34 heavy (non-hydrogen) atoms. The van der Waals surface area contributed by atoms with Gasteiger partial charge in [-0.15, -0.1) is 0 Å². The molecule has 1 N–H and O–H groups in total. The summed E-state index contributed by atoms with van der Waals surface area (Å²) in [6.07, 6.45) is 2.31. The number of carbonyl (C=O) groups excluding carboxylic acids is 1. The Morgan fingerprint density at radius 2 is 1.85 bits per heavy atom. The maximum absolute atomic E-state index is 13.4. The van der Waals surface area contributed by atoms with E-state index in [4.69, 9.17) is 9.15 Å². The number of benzene rings is 2. The molecule has 0 spiro atoms. The molecule has 0 bridgehead atoms. The summed E-state index contributed by atoms with van der Waals surface area (Å²) in [6.45, 7) is 4.55. The Morgan fingerprint density at radius 1 is 1.06 bits per heavy atom. The van der Waals surface area contributed by atoms with Crippen LogP contribution >= 0.6 is 0 Å². The molecule has 0 radical (unpaired) electrons. The van der Waals surface area contributed by atoms with Crippen LogP contribution in [0.3, 0.4) is 0 Å². The van der Waals surface area contributed by atoms with E-state index in [2.05, 4.69) is 9.62 Å². The minimum absolute atomic E-state index is 0.0415. The molecule has 9 heteroatoms. The maximum atomic E-state index is 13.4. The fourth-order valence-electron chi connectivity index (χ4n) is 4.00. The van der Waals surface area contributed by atoms with Crippen LogP contribution in [0, 0.1) is 6.92 Å². The molecule has 2 aromatic carbocycles. The van der Waals surface area contributed by atoms with Crippen molar-refractivity contribution in [2.45, 2.75) is 24.8 Å². The quantitative estimate of drug-likeness (QED) is 0.554. The van der Waals surface area contributed by atoms with Crippen LogP contribution in [0.5, 0.6) is 5.75 Å². The third kappa shape index (κ3) is 5.43. The Kier molecular flexibility index (Phi) is 7.23. The van der Waals surface area contributed by atoms with Gasteiger partial charge in [-0.3, -0.25) is 4.79 Å². The van der Waals surface area contributed by atoms with Gasteiger partial charge in [0.1, 0.15) is 11.5 Å². The van der Waals surface area contributed by atoms with Crippen molar-refractivity contribution in [3.05, 3.63) is 77.7 Å². The topological polar surface area (TPSA) is 92.1 Å². The van der Waals surface area contributed by atoms with E-state index in [0.29, 0.717) is 31.0 Å². The monoisotopic (exact) mass is 483 g/mol. The van der Waals surface area contributed by atoms with E-state index in [9.17, 15) is 13.2 Å². The Hall–Kier alpha value is -3.30. The molecule has 3 aromatic rings. The Morgan fingerprint density at radius 3 is 2.56 bits per heavy atom. The number of anilines is 1. The highest BCUT2D eigenvalue weighted by atomic mass is 32.2. The van der Waals surface area contributed by atoms with E-state index in [1.165, 1.54) is 18.4 Å². The molecular formula is C25H29N3O5S. The number of ether oxygens (including phenoxy) is 1. The van der Waals surface area contributed by atoms with Gasteiger partial charge in [-0.05, 0) is 67.4 Å². The molecule has 180 valence electrons. The van der Waals surface area contributed by atoms with Crippen molar-refractivity contribution in [1.29, 1.82) is 0 Å². The number of amides is 1. The number of nitrogens with zero attached hydrogens (tertiary/aromatic N) is 2. The average molecular weight is 484 g/mol. The number of aryl methyl sites for hydroxylation is 1. The third-order valence-corrected chi connectivity index (χ3v) is 7.39. The predicted octanol–water partition coefficient (Wildman–Crippen LogP) is 3.43. The second-order valence-corrected chi connectivity index (χ2v) is 9.98. The lowest BCUT2D eigenvalue weighted by molar-refractivity contribution is 0.0766. The third-order valence-electron chi connectivity index (χ3n) is 5.99. The van der Waals surface area contributed by atoms with E-state index >= 15 is 0 Å². The van der Waals surface area contributed by atoms with Crippen LogP contribution in [-0.2, 0) is 16.6 Å². The van der Waals surface area contributed by atoms with Crippen molar-refractivity contribution in [1.82, 2.24) is 9.62 Å². The minimum atomic E-state index is -3.80. The van der Waals surface area contributed by atoms with Crippen LogP contribution in [0.15, 0.2) is 70.2 Å². The normalized spacial score (nSPS) is 14.6. The van der Waals surface area contributed by atoms with Crippen molar-refractivity contribution < 1.29 is 22.4 Å². The first-order chi connectivity index (χ1) is 16.4. The molecule has 1 aliphatic heterocycles. The molecule has 1 saturated heterocycles. The molecule has 0 aliphatic carbocycles. The second kappa shape index (κ2) is 10.3. The zero-order chi connectivity index (χ0) is 24.1. The molecule has 2 heterocycles. The average Bonchev–Trinajstić information content (AvgIpc) is 3.25. The number of nitrogens with one attached hydrogen (secondary N) is 1. The van der Waals surface area contributed by atoms with Gasteiger partial charge < -0.3 is 19.0 Å². The number of methoxy groups -OCH3 is 1. The summed E-state index contributed by atoms with van der Waals surface area (Å²) in [5.74, 6) is 1.16. The van der Waals surface area contributed by atoms with Crippen molar-refractivity contribution >= 4 is 21.6 Å². The van der Waals surface area contributed by atoms with Gasteiger partial charge >= 0.3 is 0 Å². The van der Waals surface area contributed by atoms with Gasteiger partial charge in [0.05, 0.1) is 24.8 Å². The number of carbonyl (C=O) groups is 1. The van der Waals surface area contributed by atoms with E-state index in [1.807, 2.05) is 31.2 Å². The summed E-state index contributed by atoms with van der Waals surface area (Å²) in [5, 5.41) is 0. The highest BCUT2D eigenvalue weighted by molar-refractivity contribution is 7.89. The molecule has 0 saturated carbocycles. The highest BCUT2D eigenvalue weighted by Crippen LogP contribution is 2.22. The van der Waals surface area contributed by atoms with E-state index < -0.39 is 10.0 Å². The van der Waals surface area contributed by atoms with Crippen LogP contribution in [-0.4, -0.2) is 52.5 Å². The Labute approximate surface area is 200 Å². The van der Waals surface area contributed by atoms with Gasteiger partial charge in [-0.2, -0.15) is 0 Å². The first-order valence-electron chi connectivity index (χ1n) is 11.2. The van der Waals surface area contributed by atoms with E-state index in [0.717, 1.165) is 30.0 Å². The van der Waals surface area contributed by atoms with Crippen LogP contribution in [0.2, 0.25) is 0 Å². The molecule has 1 aliphatic rings. The van der Waals surface area contributed by atoms with Gasteiger partial charge in [0.2, 0.25) is 10.0 Å². The summed E-state index contributed by atoms with van der Waals surface area (Å²) >= 11 is 0. The van der Waals surface area contributed by atoms with Gasteiger partial charge in [-0.25, -0.2) is 13.1 Å². The fourth-order valence-corrected chi connectivity index (χ4v) is 5.02. The molecule has 1 fully saturated rings. The summed E-state index contributed by atoms with van der Waals surface area (Å²) in [5.41, 5.74) is 2.23. The van der Waals surface area contributed by atoms with Gasteiger partial charge in [0.25, 0.3) is 5.91 Å². The number of hydrogen-bond acceptors (Lipinski definition) is 6. The largest absolute Gasteiger partial charge is 0.497 e. The Balaban J connectivity index is 1.46. The lowest BCUT2D eigenvalue weighted by Crippen LogP contribution is -2.35. The first-order valence-corrected chi connectivity index (χ1v) is 12.7. The predicted molar refractivity (Wildman–Crippen MR) is 130 cm³/mol. The van der Waals surface area contributed by atoms with Crippen LogP contribution in [0.4, 0.5) is 5.69 Å². The zero-order valence-electron chi connectivity index (χ0n) is 19.4. The van der Waals surface area contributed by atoms with E-state index in [-0.39, 0.29) is 17.3 Å². The molecular weight excluding hydrogens is 454 g/mol. The van der Waals surface area contributed by atoms with E-state index in [1.54, 1.807) is 30.2 Å². The summed E-state index contributed by atoms with van der Waals surface area (Å²) in [6, 6.07) is 15.9. The molecule has 1 amide bonds. The number of furan rings is 1. The number of sulfonamides is 1. The zero-order valence-corrected chi connectivity index (χ0v) is 20.2. The SMILES string of the molecule is COc1ccc(N2CCCN(C(=O)c3cc(S(=O)(=O)NCc4ccco4)ccc3C)CC2)cc1. The highest BCUT2D eigenvalue weighted by Gasteiger charge is 2.24. The number of rotatable bonds is 7. The van der Waals surface area contributed by atoms with Gasteiger partial charge in [0.15, 0.2) is 0 Å². The van der Waals surface area contributed by atoms with Crippen LogP contribution in [0.1, 0.15) is 28.1 Å². The minimum Gasteiger partial charge on any atom is -0.497 e.